The molecule has 0 aliphatic rings. The van der Waals surface area contributed by atoms with Crippen LogP contribution in [0.5, 0.6) is 0 Å². The summed E-state index contributed by atoms with van der Waals surface area (Å²) in [5.74, 6) is -0.618. The molecule has 0 aliphatic heterocycles. The molecule has 2 heterocycles. The van der Waals surface area contributed by atoms with E-state index < -0.39 is 17.8 Å². The Labute approximate surface area is 139 Å². The Morgan fingerprint density at radius 2 is 2.00 bits per heavy atom. The summed E-state index contributed by atoms with van der Waals surface area (Å²) in [5.41, 5.74) is -1.46. The molecule has 0 spiro atoms. The molecular formula is C13H14F3N5O4. The molecule has 0 saturated heterocycles. The molecule has 0 radical (unpaired) electrons. The normalized spacial score (nSPS) is 11.6. The number of nitrogens with zero attached hydrogens (tertiary/aromatic N) is 5. The summed E-state index contributed by atoms with van der Waals surface area (Å²) in [4.78, 5) is 16.3. The van der Waals surface area contributed by atoms with Gasteiger partial charge in [0, 0.05) is 7.11 Å². The van der Waals surface area contributed by atoms with Crippen LogP contribution in [0.4, 0.5) is 13.2 Å². The second-order valence-corrected chi connectivity index (χ2v) is 4.67. The van der Waals surface area contributed by atoms with Crippen molar-refractivity contribution in [3.63, 3.8) is 0 Å². The van der Waals surface area contributed by atoms with Crippen LogP contribution in [0.2, 0.25) is 0 Å². The lowest BCUT2D eigenvalue weighted by Crippen LogP contribution is -2.15. The first kappa shape index (κ1) is 18.7. The fourth-order valence-corrected chi connectivity index (χ4v) is 1.81. The van der Waals surface area contributed by atoms with Gasteiger partial charge in [0.15, 0.2) is 12.6 Å². The van der Waals surface area contributed by atoms with Gasteiger partial charge < -0.3 is 14.2 Å². The van der Waals surface area contributed by atoms with Crippen LogP contribution in [0, 0.1) is 0 Å². The first-order valence-electron chi connectivity index (χ1n) is 6.84. The maximum absolute atomic E-state index is 12.8. The van der Waals surface area contributed by atoms with Crippen molar-refractivity contribution in [2.45, 2.75) is 26.1 Å². The van der Waals surface area contributed by atoms with Crippen molar-refractivity contribution in [1.29, 1.82) is 0 Å². The highest BCUT2D eigenvalue weighted by Crippen LogP contribution is 2.28. The van der Waals surface area contributed by atoms with Crippen LogP contribution >= 0.6 is 0 Å². The zero-order valence-electron chi connectivity index (χ0n) is 13.3. The molecule has 25 heavy (non-hydrogen) atoms. The van der Waals surface area contributed by atoms with Gasteiger partial charge in [-0.25, -0.2) is 9.78 Å². The molecule has 0 bridgehead atoms. The summed E-state index contributed by atoms with van der Waals surface area (Å²) in [5, 5.41) is 11.3. The second-order valence-electron chi connectivity index (χ2n) is 4.67. The number of carbonyl (C=O) groups excluding carboxylic acids is 1. The van der Waals surface area contributed by atoms with Crippen LogP contribution in [0.3, 0.4) is 0 Å². The van der Waals surface area contributed by atoms with Crippen LogP contribution in [0.25, 0.3) is 0 Å². The third kappa shape index (κ3) is 4.93. The average Bonchev–Trinajstić information content (AvgIpc) is 3.01. The monoisotopic (exact) mass is 361 g/mol. The molecule has 2 rings (SSSR count). The van der Waals surface area contributed by atoms with Gasteiger partial charge in [-0.1, -0.05) is 0 Å². The largest absolute Gasteiger partial charge is 0.465 e. The number of carbonyl (C=O) groups is 1. The molecule has 2 aromatic rings. The van der Waals surface area contributed by atoms with E-state index in [4.69, 9.17) is 9.47 Å². The SMILES string of the molecule is COCn1nnc(COCc2nc(C(F)(F)F)ccc2C(=O)OC)n1. The van der Waals surface area contributed by atoms with Gasteiger partial charge in [-0.2, -0.15) is 13.2 Å². The van der Waals surface area contributed by atoms with E-state index >= 15 is 0 Å². The predicted molar refractivity (Wildman–Crippen MR) is 73.9 cm³/mol. The Kier molecular flexibility index (Phi) is 5.98. The molecule has 0 saturated carbocycles. The maximum Gasteiger partial charge on any atom is 0.433 e. The van der Waals surface area contributed by atoms with E-state index in [1.54, 1.807) is 0 Å². The molecule has 0 fully saturated rings. The van der Waals surface area contributed by atoms with Gasteiger partial charge >= 0.3 is 12.1 Å². The number of esters is 1. The molecule has 0 atom stereocenters. The number of hydrogen-bond donors (Lipinski definition) is 0. The van der Waals surface area contributed by atoms with Crippen molar-refractivity contribution in [2.24, 2.45) is 0 Å². The Morgan fingerprint density at radius 3 is 2.64 bits per heavy atom. The van der Waals surface area contributed by atoms with Gasteiger partial charge in [-0.3, -0.25) is 0 Å². The number of halogens is 3. The highest BCUT2D eigenvalue weighted by molar-refractivity contribution is 5.90. The quantitative estimate of drug-likeness (QED) is 0.678. The van der Waals surface area contributed by atoms with E-state index in [0.717, 1.165) is 13.2 Å². The molecule has 0 amide bonds. The topological polar surface area (TPSA) is 101 Å². The van der Waals surface area contributed by atoms with Gasteiger partial charge in [0.1, 0.15) is 12.3 Å². The standard InChI is InChI=1S/C13H14F3N5O4/c1-23-7-21-19-11(18-20-21)6-25-5-9-8(12(22)24-2)3-4-10(17-9)13(14,15)16/h3-4H,5-7H2,1-2H3. The Hall–Kier alpha value is -2.60. The number of alkyl halides is 3. The molecule has 0 aromatic carbocycles. The van der Waals surface area contributed by atoms with Crippen molar-refractivity contribution >= 4 is 5.97 Å². The van der Waals surface area contributed by atoms with E-state index in [9.17, 15) is 18.0 Å². The summed E-state index contributed by atoms with van der Waals surface area (Å²) in [6.07, 6.45) is -4.65. The van der Waals surface area contributed by atoms with Crippen molar-refractivity contribution in [3.05, 3.63) is 34.9 Å². The minimum absolute atomic E-state index is 0.0919. The molecule has 12 heteroatoms. The van der Waals surface area contributed by atoms with E-state index in [1.165, 1.54) is 11.9 Å². The Morgan fingerprint density at radius 1 is 1.24 bits per heavy atom. The van der Waals surface area contributed by atoms with Crippen LogP contribution in [0.15, 0.2) is 12.1 Å². The summed E-state index contributed by atoms with van der Waals surface area (Å²) >= 11 is 0. The molecule has 136 valence electrons. The number of hydrogen-bond acceptors (Lipinski definition) is 8. The molecular weight excluding hydrogens is 347 g/mol. The third-order valence-electron chi connectivity index (χ3n) is 2.88. The predicted octanol–water partition coefficient (Wildman–Crippen LogP) is 1.19. The Bertz CT molecular complexity index is 735. The van der Waals surface area contributed by atoms with Gasteiger partial charge in [0.25, 0.3) is 0 Å². The highest BCUT2D eigenvalue weighted by atomic mass is 19.4. The zero-order valence-corrected chi connectivity index (χ0v) is 13.3. The van der Waals surface area contributed by atoms with Crippen LogP contribution in [-0.2, 0) is 40.3 Å². The average molecular weight is 361 g/mol. The minimum Gasteiger partial charge on any atom is -0.465 e. The van der Waals surface area contributed by atoms with Crippen LogP contribution in [-0.4, -0.2) is 45.4 Å². The van der Waals surface area contributed by atoms with E-state index in [1.807, 2.05) is 0 Å². The van der Waals surface area contributed by atoms with Gasteiger partial charge in [-0.05, 0) is 17.3 Å². The summed E-state index contributed by atoms with van der Waals surface area (Å²) in [7, 11) is 2.57. The van der Waals surface area contributed by atoms with Gasteiger partial charge in [0.2, 0.25) is 0 Å². The van der Waals surface area contributed by atoms with Crippen molar-refractivity contribution in [2.75, 3.05) is 14.2 Å². The summed E-state index contributed by atoms with van der Waals surface area (Å²) in [6.45, 7) is -0.413. The first-order chi connectivity index (χ1) is 11.8. The second kappa shape index (κ2) is 7.98. The number of ether oxygens (including phenoxy) is 3. The fourth-order valence-electron chi connectivity index (χ4n) is 1.81. The van der Waals surface area contributed by atoms with Crippen molar-refractivity contribution in [1.82, 2.24) is 25.2 Å². The molecule has 9 nitrogen and oxygen atoms in total. The van der Waals surface area contributed by atoms with E-state index in [0.29, 0.717) is 6.07 Å². The van der Waals surface area contributed by atoms with Gasteiger partial charge in [-0.15, -0.1) is 15.0 Å². The lowest BCUT2D eigenvalue weighted by atomic mass is 10.1. The third-order valence-corrected chi connectivity index (χ3v) is 2.88. The molecule has 0 aliphatic carbocycles. The number of tetrazole rings is 1. The van der Waals surface area contributed by atoms with E-state index in [2.05, 4.69) is 25.1 Å². The first-order valence-corrected chi connectivity index (χ1v) is 6.84. The fraction of sp³-hybridized carbons (Fsp3) is 0.462. The number of aromatic nitrogens is 5. The summed E-state index contributed by atoms with van der Waals surface area (Å²) in [6, 6.07) is 1.70. The zero-order chi connectivity index (χ0) is 18.4. The van der Waals surface area contributed by atoms with Crippen molar-refractivity contribution in [3.8, 4) is 0 Å². The van der Waals surface area contributed by atoms with E-state index in [-0.39, 0.29) is 37.0 Å². The number of rotatable bonds is 7. The number of pyridine rings is 1. The lowest BCUT2D eigenvalue weighted by Gasteiger charge is -2.11. The van der Waals surface area contributed by atoms with Crippen LogP contribution in [0.1, 0.15) is 27.6 Å². The molecule has 0 N–H and O–H groups in total. The van der Waals surface area contributed by atoms with Crippen molar-refractivity contribution < 1.29 is 32.2 Å². The lowest BCUT2D eigenvalue weighted by molar-refractivity contribution is -0.141. The molecule has 2 aromatic heterocycles. The maximum atomic E-state index is 12.8. The number of methoxy groups -OCH3 is 2. The van der Waals surface area contributed by atoms with Crippen LogP contribution < -0.4 is 0 Å². The molecule has 0 unspecified atom stereocenters. The smallest absolute Gasteiger partial charge is 0.433 e. The summed E-state index contributed by atoms with van der Waals surface area (Å²) < 4.78 is 52.9. The van der Waals surface area contributed by atoms with Gasteiger partial charge in [0.05, 0.1) is 25.0 Å². The Balaban J connectivity index is 2.11. The highest BCUT2D eigenvalue weighted by Gasteiger charge is 2.33. The minimum atomic E-state index is -4.65.